The van der Waals surface area contributed by atoms with Crippen molar-refractivity contribution < 1.29 is 0 Å². The zero-order valence-corrected chi connectivity index (χ0v) is 9.89. The minimum atomic E-state index is 0.661. The van der Waals surface area contributed by atoms with Crippen LogP contribution in [0.5, 0.6) is 0 Å². The van der Waals surface area contributed by atoms with Crippen LogP contribution in [-0.2, 0) is 0 Å². The molecule has 0 radical (unpaired) electrons. The average molecular weight is 247 g/mol. The lowest BCUT2D eigenvalue weighted by atomic mass is 10.0. The molecule has 0 aliphatic carbocycles. The summed E-state index contributed by atoms with van der Waals surface area (Å²) in [6.07, 6.45) is 5.45. The minimum absolute atomic E-state index is 0.661. The molecule has 0 amide bonds. The Bertz CT molecular complexity index is 565. The highest BCUT2D eigenvalue weighted by Gasteiger charge is 2.04. The Morgan fingerprint density at radius 2 is 1.69 bits per heavy atom. The van der Waals surface area contributed by atoms with Crippen molar-refractivity contribution >= 4 is 23.2 Å². The second kappa shape index (κ2) is 4.61. The number of halogens is 2. The molecule has 0 atom stereocenters. The maximum Gasteiger partial charge on any atom is 0.0413 e. The van der Waals surface area contributed by atoms with E-state index in [-0.39, 0.29) is 0 Å². The second-order valence-corrected chi connectivity index (χ2v) is 4.22. The molecular formula is C14H8Cl2. The molecule has 0 bridgehead atoms. The Morgan fingerprint density at radius 1 is 0.938 bits per heavy atom. The van der Waals surface area contributed by atoms with Crippen LogP contribution in [0.1, 0.15) is 5.56 Å². The molecule has 2 heteroatoms. The maximum atomic E-state index is 5.96. The van der Waals surface area contributed by atoms with E-state index >= 15 is 0 Å². The summed E-state index contributed by atoms with van der Waals surface area (Å²) >= 11 is 11.9. The normalized spacial score (nSPS) is 9.81. The zero-order chi connectivity index (χ0) is 11.5. The van der Waals surface area contributed by atoms with Gasteiger partial charge in [-0.3, -0.25) is 0 Å². The summed E-state index contributed by atoms with van der Waals surface area (Å²) < 4.78 is 0. The van der Waals surface area contributed by atoms with Crippen LogP contribution in [0.2, 0.25) is 10.0 Å². The van der Waals surface area contributed by atoms with Crippen LogP contribution in [0.15, 0.2) is 42.5 Å². The summed E-state index contributed by atoms with van der Waals surface area (Å²) in [5.74, 6) is 2.64. The monoisotopic (exact) mass is 246 g/mol. The molecule has 0 spiro atoms. The van der Waals surface area contributed by atoms with E-state index in [4.69, 9.17) is 29.6 Å². The van der Waals surface area contributed by atoms with Gasteiger partial charge in [0.1, 0.15) is 0 Å². The van der Waals surface area contributed by atoms with Crippen LogP contribution in [0.4, 0.5) is 0 Å². The van der Waals surface area contributed by atoms with Gasteiger partial charge in [0, 0.05) is 15.6 Å². The van der Waals surface area contributed by atoms with Crippen LogP contribution in [0.25, 0.3) is 11.1 Å². The Balaban J connectivity index is 2.64. The van der Waals surface area contributed by atoms with E-state index in [2.05, 4.69) is 5.92 Å². The van der Waals surface area contributed by atoms with Gasteiger partial charge in [0.15, 0.2) is 0 Å². The first-order valence-corrected chi connectivity index (χ1v) is 5.48. The molecule has 0 nitrogen and oxygen atoms in total. The molecule has 0 saturated carbocycles. The topological polar surface area (TPSA) is 0 Å². The lowest BCUT2D eigenvalue weighted by molar-refractivity contribution is 1.58. The molecule has 0 aromatic heterocycles. The van der Waals surface area contributed by atoms with Crippen molar-refractivity contribution in [3.05, 3.63) is 58.1 Å². The first kappa shape index (κ1) is 11.1. The van der Waals surface area contributed by atoms with Crippen LogP contribution < -0.4 is 0 Å². The van der Waals surface area contributed by atoms with Gasteiger partial charge in [-0.15, -0.1) is 6.42 Å². The van der Waals surface area contributed by atoms with Crippen LogP contribution in [-0.4, -0.2) is 0 Å². The van der Waals surface area contributed by atoms with Crippen molar-refractivity contribution in [1.29, 1.82) is 0 Å². The standard InChI is InChI=1S/C14H8Cl2/c1-2-10-6-7-13(16)9-14(10)11-4-3-5-12(15)8-11/h1,3-9H. The fourth-order valence-corrected chi connectivity index (χ4v) is 1.90. The fourth-order valence-electron chi connectivity index (χ4n) is 1.54. The maximum absolute atomic E-state index is 5.96. The molecule has 0 heterocycles. The van der Waals surface area contributed by atoms with Crippen molar-refractivity contribution in [3.8, 4) is 23.5 Å². The Hall–Kier alpha value is -1.42. The Morgan fingerprint density at radius 3 is 2.38 bits per heavy atom. The molecule has 2 rings (SSSR count). The van der Waals surface area contributed by atoms with Crippen molar-refractivity contribution in [2.75, 3.05) is 0 Å². The smallest absolute Gasteiger partial charge is 0.0413 e. The van der Waals surface area contributed by atoms with Crippen LogP contribution in [0.3, 0.4) is 0 Å². The predicted octanol–water partition coefficient (Wildman–Crippen LogP) is 4.64. The third-order valence-electron chi connectivity index (χ3n) is 2.27. The summed E-state index contributed by atoms with van der Waals surface area (Å²) in [6.45, 7) is 0. The number of hydrogen-bond acceptors (Lipinski definition) is 0. The van der Waals surface area contributed by atoms with Gasteiger partial charge in [0.2, 0.25) is 0 Å². The van der Waals surface area contributed by atoms with Gasteiger partial charge in [-0.1, -0.05) is 41.3 Å². The molecule has 0 aliphatic rings. The van der Waals surface area contributed by atoms with Gasteiger partial charge in [0.05, 0.1) is 0 Å². The summed E-state index contributed by atoms with van der Waals surface area (Å²) in [6, 6.07) is 13.0. The zero-order valence-electron chi connectivity index (χ0n) is 8.37. The number of terminal acetylenes is 1. The number of rotatable bonds is 1. The van der Waals surface area contributed by atoms with Gasteiger partial charge in [-0.05, 0) is 41.5 Å². The highest BCUT2D eigenvalue weighted by atomic mass is 35.5. The lowest BCUT2D eigenvalue weighted by Crippen LogP contribution is -1.84. The summed E-state index contributed by atoms with van der Waals surface area (Å²) in [7, 11) is 0. The number of hydrogen-bond donors (Lipinski definition) is 0. The molecule has 0 aliphatic heterocycles. The Labute approximate surface area is 105 Å². The molecule has 2 aromatic rings. The second-order valence-electron chi connectivity index (χ2n) is 3.34. The lowest BCUT2D eigenvalue weighted by Gasteiger charge is -2.06. The molecule has 0 unspecified atom stereocenters. The van der Waals surface area contributed by atoms with Gasteiger partial charge in [0.25, 0.3) is 0 Å². The largest absolute Gasteiger partial charge is 0.115 e. The first-order chi connectivity index (χ1) is 7.70. The van der Waals surface area contributed by atoms with E-state index in [1.807, 2.05) is 36.4 Å². The number of benzene rings is 2. The average Bonchev–Trinajstić information content (AvgIpc) is 2.29. The Kier molecular flexibility index (Phi) is 3.19. The van der Waals surface area contributed by atoms with Crippen molar-refractivity contribution in [2.45, 2.75) is 0 Å². The molecule has 16 heavy (non-hydrogen) atoms. The van der Waals surface area contributed by atoms with Gasteiger partial charge >= 0.3 is 0 Å². The van der Waals surface area contributed by atoms with Gasteiger partial charge in [-0.25, -0.2) is 0 Å². The minimum Gasteiger partial charge on any atom is -0.115 e. The van der Waals surface area contributed by atoms with Gasteiger partial charge < -0.3 is 0 Å². The highest BCUT2D eigenvalue weighted by molar-refractivity contribution is 6.31. The quantitative estimate of drug-likeness (QED) is 0.644. The summed E-state index contributed by atoms with van der Waals surface area (Å²) in [5.41, 5.74) is 2.71. The molecule has 2 aromatic carbocycles. The third-order valence-corrected chi connectivity index (χ3v) is 2.74. The molecule has 0 saturated heterocycles. The van der Waals surface area contributed by atoms with Crippen molar-refractivity contribution in [3.63, 3.8) is 0 Å². The van der Waals surface area contributed by atoms with Gasteiger partial charge in [-0.2, -0.15) is 0 Å². The van der Waals surface area contributed by atoms with Crippen molar-refractivity contribution in [1.82, 2.24) is 0 Å². The molecular weight excluding hydrogens is 239 g/mol. The first-order valence-electron chi connectivity index (χ1n) is 4.73. The molecule has 0 N–H and O–H groups in total. The molecule has 78 valence electrons. The summed E-state index contributed by atoms with van der Waals surface area (Å²) in [5, 5.41) is 1.34. The summed E-state index contributed by atoms with van der Waals surface area (Å²) in [4.78, 5) is 0. The fraction of sp³-hybridized carbons (Fsp3) is 0. The highest BCUT2D eigenvalue weighted by Crippen LogP contribution is 2.28. The van der Waals surface area contributed by atoms with Crippen molar-refractivity contribution in [2.24, 2.45) is 0 Å². The van der Waals surface area contributed by atoms with E-state index in [0.29, 0.717) is 10.0 Å². The van der Waals surface area contributed by atoms with E-state index < -0.39 is 0 Å². The molecule has 0 fully saturated rings. The van der Waals surface area contributed by atoms with E-state index in [0.717, 1.165) is 16.7 Å². The SMILES string of the molecule is C#Cc1ccc(Cl)cc1-c1cccc(Cl)c1. The predicted molar refractivity (Wildman–Crippen MR) is 69.8 cm³/mol. The van der Waals surface area contributed by atoms with Crippen LogP contribution >= 0.6 is 23.2 Å². The third kappa shape index (κ3) is 2.22. The van der Waals surface area contributed by atoms with E-state index in [1.165, 1.54) is 0 Å². The van der Waals surface area contributed by atoms with E-state index in [9.17, 15) is 0 Å². The van der Waals surface area contributed by atoms with Crippen LogP contribution in [0, 0.1) is 12.3 Å². The van der Waals surface area contributed by atoms with E-state index in [1.54, 1.807) is 6.07 Å².